The van der Waals surface area contributed by atoms with Crippen molar-refractivity contribution in [2.24, 2.45) is 0 Å². The Morgan fingerprint density at radius 1 is 1.09 bits per heavy atom. The number of nitrogens with one attached hydrogen (secondary N) is 1. The molecule has 32 heavy (non-hydrogen) atoms. The van der Waals surface area contributed by atoms with E-state index in [9.17, 15) is 20.1 Å². The number of carbonyl (C=O) groups is 1. The minimum absolute atomic E-state index is 0.0860. The van der Waals surface area contributed by atoms with Crippen molar-refractivity contribution < 1.29 is 24.9 Å². The number of halogens is 1. The molecule has 0 aliphatic carbocycles. The van der Waals surface area contributed by atoms with Crippen molar-refractivity contribution in [1.82, 2.24) is 10.2 Å². The summed E-state index contributed by atoms with van der Waals surface area (Å²) >= 11 is 6.44. The molecule has 0 aromatic heterocycles. The Morgan fingerprint density at radius 2 is 1.84 bits per heavy atom. The van der Waals surface area contributed by atoms with Gasteiger partial charge in [-0.15, -0.1) is 0 Å². The Morgan fingerprint density at radius 3 is 2.56 bits per heavy atom. The van der Waals surface area contributed by atoms with Crippen LogP contribution in [-0.4, -0.2) is 76.7 Å². The third-order valence-electron chi connectivity index (χ3n) is 6.18. The Balaban J connectivity index is 1.54. The maximum atomic E-state index is 11.7. The van der Waals surface area contributed by atoms with Crippen molar-refractivity contribution in [1.29, 1.82) is 0 Å². The summed E-state index contributed by atoms with van der Waals surface area (Å²) in [4.78, 5) is 13.6. The predicted octanol–water partition coefficient (Wildman–Crippen LogP) is 1.19. The van der Waals surface area contributed by atoms with E-state index in [-0.39, 0.29) is 19.0 Å². The third-order valence-corrected chi connectivity index (χ3v) is 6.55. The Kier molecular flexibility index (Phi) is 7.14. The van der Waals surface area contributed by atoms with Crippen LogP contribution in [0.25, 0.3) is 0 Å². The van der Waals surface area contributed by atoms with Crippen LogP contribution >= 0.6 is 11.6 Å². The molecule has 0 saturated carbocycles. The SMILES string of the molecule is Cc1ccc(Cc2cc(C3OC(CN4CCNC(=O)C4)C(O)C(O)C3O)ccc2Cl)cc1. The van der Waals surface area contributed by atoms with Crippen LogP contribution < -0.4 is 5.32 Å². The van der Waals surface area contributed by atoms with Crippen LogP contribution in [0.5, 0.6) is 0 Å². The average molecular weight is 461 g/mol. The standard InChI is InChI=1S/C24H29ClN2O5/c1-14-2-4-15(5-3-14)10-17-11-16(6-7-18(17)25)24-23(31)22(30)21(29)19(32-24)12-27-9-8-26-20(28)13-27/h2-7,11,19,21-24,29-31H,8-10,12-13H2,1H3,(H,26,28). The number of aliphatic hydroxyl groups is 3. The smallest absolute Gasteiger partial charge is 0.234 e. The highest BCUT2D eigenvalue weighted by molar-refractivity contribution is 6.31. The molecule has 2 heterocycles. The quantitative estimate of drug-likeness (QED) is 0.534. The molecule has 172 valence electrons. The largest absolute Gasteiger partial charge is 0.388 e. The highest BCUT2D eigenvalue weighted by Gasteiger charge is 2.45. The van der Waals surface area contributed by atoms with E-state index in [1.807, 2.05) is 30.0 Å². The summed E-state index contributed by atoms with van der Waals surface area (Å²) in [6.07, 6.45) is -4.88. The molecule has 0 radical (unpaired) electrons. The van der Waals surface area contributed by atoms with Crippen LogP contribution in [-0.2, 0) is 16.0 Å². The molecule has 2 aromatic carbocycles. The number of aliphatic hydroxyl groups excluding tert-OH is 3. The number of nitrogens with zero attached hydrogens (tertiary/aromatic N) is 1. The van der Waals surface area contributed by atoms with Gasteiger partial charge in [-0.2, -0.15) is 0 Å². The van der Waals surface area contributed by atoms with E-state index in [1.165, 1.54) is 5.56 Å². The first-order valence-electron chi connectivity index (χ1n) is 10.8. The van der Waals surface area contributed by atoms with Crippen LogP contribution in [0.4, 0.5) is 0 Å². The second kappa shape index (κ2) is 9.87. The predicted molar refractivity (Wildman–Crippen MR) is 121 cm³/mol. The summed E-state index contributed by atoms with van der Waals surface area (Å²) in [5.41, 5.74) is 3.85. The molecule has 2 aromatic rings. The number of hydrogen-bond donors (Lipinski definition) is 4. The molecule has 1 amide bonds. The maximum Gasteiger partial charge on any atom is 0.234 e. The Hall–Kier alpha value is -2.00. The first-order chi connectivity index (χ1) is 15.3. The summed E-state index contributed by atoms with van der Waals surface area (Å²) in [5.74, 6) is -0.0860. The number of hydrogen-bond acceptors (Lipinski definition) is 6. The number of amides is 1. The van der Waals surface area contributed by atoms with E-state index in [1.54, 1.807) is 12.1 Å². The van der Waals surface area contributed by atoms with Crippen LogP contribution in [0, 0.1) is 6.92 Å². The Labute approximate surface area is 192 Å². The van der Waals surface area contributed by atoms with Crippen molar-refractivity contribution in [2.75, 3.05) is 26.2 Å². The second-order valence-corrected chi connectivity index (χ2v) is 9.07. The fraction of sp³-hybridized carbons (Fsp3) is 0.458. The molecular formula is C24H29ClN2O5. The van der Waals surface area contributed by atoms with Gasteiger partial charge in [0.15, 0.2) is 0 Å². The third kappa shape index (κ3) is 5.14. The van der Waals surface area contributed by atoms with Crippen LogP contribution in [0.15, 0.2) is 42.5 Å². The summed E-state index contributed by atoms with van der Waals surface area (Å²) < 4.78 is 6.09. The van der Waals surface area contributed by atoms with Gasteiger partial charge in [-0.3, -0.25) is 9.69 Å². The van der Waals surface area contributed by atoms with Crippen molar-refractivity contribution in [2.45, 2.75) is 43.9 Å². The van der Waals surface area contributed by atoms with Gasteiger partial charge in [-0.25, -0.2) is 0 Å². The zero-order chi connectivity index (χ0) is 22.8. The molecule has 2 aliphatic rings. The lowest BCUT2D eigenvalue weighted by atomic mass is 9.89. The highest BCUT2D eigenvalue weighted by Crippen LogP contribution is 2.35. The summed E-state index contributed by atoms with van der Waals surface area (Å²) in [7, 11) is 0. The summed E-state index contributed by atoms with van der Waals surface area (Å²) in [5, 5.41) is 35.0. The molecule has 2 fully saturated rings. The van der Waals surface area contributed by atoms with Crippen molar-refractivity contribution in [3.8, 4) is 0 Å². The molecule has 2 aliphatic heterocycles. The molecule has 4 N–H and O–H groups in total. The molecule has 0 bridgehead atoms. The van der Waals surface area contributed by atoms with Gasteiger partial charge >= 0.3 is 0 Å². The minimum atomic E-state index is -1.37. The molecular weight excluding hydrogens is 432 g/mol. The monoisotopic (exact) mass is 460 g/mol. The fourth-order valence-electron chi connectivity index (χ4n) is 4.31. The van der Waals surface area contributed by atoms with E-state index in [2.05, 4.69) is 17.4 Å². The zero-order valence-corrected chi connectivity index (χ0v) is 18.7. The normalized spacial score (nSPS) is 29.0. The van der Waals surface area contributed by atoms with Crippen LogP contribution in [0.3, 0.4) is 0 Å². The molecule has 7 nitrogen and oxygen atoms in total. The zero-order valence-electron chi connectivity index (χ0n) is 17.9. The molecule has 2 saturated heterocycles. The number of ether oxygens (including phenoxy) is 1. The van der Waals surface area contributed by atoms with Crippen LogP contribution in [0.2, 0.25) is 5.02 Å². The number of benzene rings is 2. The average Bonchev–Trinajstić information content (AvgIpc) is 2.77. The van der Waals surface area contributed by atoms with Gasteiger partial charge in [0.1, 0.15) is 24.4 Å². The topological polar surface area (TPSA) is 102 Å². The van der Waals surface area contributed by atoms with Crippen molar-refractivity contribution in [3.63, 3.8) is 0 Å². The Bertz CT molecular complexity index is 954. The second-order valence-electron chi connectivity index (χ2n) is 8.67. The number of carbonyl (C=O) groups excluding carboxylic acids is 1. The van der Waals surface area contributed by atoms with Gasteiger partial charge < -0.3 is 25.4 Å². The molecule has 5 unspecified atom stereocenters. The number of aryl methyl sites for hydroxylation is 1. The van der Waals surface area contributed by atoms with Gasteiger partial charge in [0, 0.05) is 24.7 Å². The summed E-state index contributed by atoms with van der Waals surface area (Å²) in [6, 6.07) is 13.6. The first-order valence-corrected chi connectivity index (χ1v) is 11.2. The number of piperazine rings is 1. The van der Waals surface area contributed by atoms with E-state index in [0.29, 0.717) is 30.1 Å². The van der Waals surface area contributed by atoms with Crippen molar-refractivity contribution in [3.05, 3.63) is 69.7 Å². The summed E-state index contributed by atoms with van der Waals surface area (Å²) in [6.45, 7) is 3.67. The fourth-order valence-corrected chi connectivity index (χ4v) is 4.50. The van der Waals surface area contributed by atoms with Gasteiger partial charge in [0.2, 0.25) is 5.91 Å². The maximum absolute atomic E-state index is 11.7. The van der Waals surface area contributed by atoms with E-state index in [4.69, 9.17) is 16.3 Å². The highest BCUT2D eigenvalue weighted by atomic mass is 35.5. The molecule has 8 heteroatoms. The van der Waals surface area contributed by atoms with E-state index >= 15 is 0 Å². The van der Waals surface area contributed by atoms with Gasteiger partial charge in [0.05, 0.1) is 12.6 Å². The van der Waals surface area contributed by atoms with E-state index < -0.39 is 30.5 Å². The van der Waals surface area contributed by atoms with Gasteiger partial charge in [-0.1, -0.05) is 53.6 Å². The lowest BCUT2D eigenvalue weighted by Gasteiger charge is -2.43. The molecule has 4 rings (SSSR count). The van der Waals surface area contributed by atoms with Crippen LogP contribution in [0.1, 0.15) is 28.4 Å². The lowest BCUT2D eigenvalue weighted by molar-refractivity contribution is -0.228. The first kappa shape index (κ1) is 23.2. The minimum Gasteiger partial charge on any atom is -0.388 e. The van der Waals surface area contributed by atoms with E-state index in [0.717, 1.165) is 11.1 Å². The van der Waals surface area contributed by atoms with Gasteiger partial charge in [-0.05, 0) is 36.1 Å². The van der Waals surface area contributed by atoms with Gasteiger partial charge in [0.25, 0.3) is 0 Å². The molecule has 5 atom stereocenters. The molecule has 0 spiro atoms. The van der Waals surface area contributed by atoms with Crippen molar-refractivity contribution >= 4 is 17.5 Å². The lowest BCUT2D eigenvalue weighted by Crippen LogP contribution is -2.59. The number of rotatable bonds is 5.